The molecule has 1 heterocycles. The van der Waals surface area contributed by atoms with Gasteiger partial charge in [-0.05, 0) is 55.3 Å². The lowest BCUT2D eigenvalue weighted by Gasteiger charge is -2.26. The van der Waals surface area contributed by atoms with Crippen molar-refractivity contribution in [2.24, 2.45) is 0 Å². The number of benzene rings is 2. The fourth-order valence-corrected chi connectivity index (χ4v) is 6.09. The predicted octanol–water partition coefficient (Wildman–Crippen LogP) is 1.41. The van der Waals surface area contributed by atoms with Crippen molar-refractivity contribution in [3.8, 4) is 5.75 Å². The molecule has 2 aromatic rings. The Kier molecular flexibility index (Phi) is 6.73. The third-order valence-electron chi connectivity index (χ3n) is 5.35. The summed E-state index contributed by atoms with van der Waals surface area (Å²) in [5.74, 6) is -0.242. The van der Waals surface area contributed by atoms with E-state index in [1.807, 2.05) is 0 Å². The Balaban J connectivity index is 1.52. The zero-order chi connectivity index (χ0) is 23.6. The molecule has 0 aromatic heterocycles. The topological polar surface area (TPSA) is 131 Å². The second kappa shape index (κ2) is 9.39. The summed E-state index contributed by atoms with van der Waals surface area (Å²) >= 11 is 0. The normalized spacial score (nSPS) is 17.5. The largest absolute Gasteiger partial charge is 0.495 e. The van der Waals surface area contributed by atoms with Gasteiger partial charge in [-0.15, -0.1) is 0 Å². The van der Waals surface area contributed by atoms with E-state index in [2.05, 4.69) is 10.0 Å². The van der Waals surface area contributed by atoms with Crippen molar-refractivity contribution in [3.63, 3.8) is 0 Å². The first-order chi connectivity index (χ1) is 15.7. The van der Waals surface area contributed by atoms with E-state index >= 15 is 0 Å². The molecule has 0 radical (unpaired) electrons. The molecule has 2 fully saturated rings. The van der Waals surface area contributed by atoms with Crippen LogP contribution in [0.4, 0.5) is 5.69 Å². The van der Waals surface area contributed by atoms with Crippen LogP contribution in [-0.4, -0.2) is 66.5 Å². The Bertz CT molecular complexity index is 1240. The first kappa shape index (κ1) is 23.6. The van der Waals surface area contributed by atoms with Crippen LogP contribution in [-0.2, 0) is 24.8 Å². The van der Waals surface area contributed by atoms with Crippen LogP contribution in [0.3, 0.4) is 0 Å². The van der Waals surface area contributed by atoms with Crippen LogP contribution in [0.2, 0.25) is 0 Å². The maximum absolute atomic E-state index is 12.8. The Hall–Kier alpha value is -2.51. The maximum atomic E-state index is 12.8. The van der Waals surface area contributed by atoms with Gasteiger partial charge < -0.3 is 14.8 Å². The summed E-state index contributed by atoms with van der Waals surface area (Å²) < 4.78 is 64.9. The van der Waals surface area contributed by atoms with Crippen LogP contribution in [0.25, 0.3) is 0 Å². The van der Waals surface area contributed by atoms with Crippen molar-refractivity contribution < 1.29 is 31.1 Å². The van der Waals surface area contributed by atoms with E-state index in [-0.39, 0.29) is 40.2 Å². The molecule has 4 rings (SSSR count). The highest BCUT2D eigenvalue weighted by Crippen LogP contribution is 2.29. The van der Waals surface area contributed by atoms with Gasteiger partial charge in [-0.25, -0.2) is 21.6 Å². The van der Waals surface area contributed by atoms with Crippen molar-refractivity contribution in [3.05, 3.63) is 48.0 Å². The summed E-state index contributed by atoms with van der Waals surface area (Å²) in [4.78, 5) is 12.9. The predicted molar refractivity (Wildman–Crippen MR) is 120 cm³/mol. The van der Waals surface area contributed by atoms with Gasteiger partial charge in [-0.1, -0.05) is 0 Å². The number of methoxy groups -OCH3 is 1. The van der Waals surface area contributed by atoms with Crippen molar-refractivity contribution in [2.75, 3.05) is 38.7 Å². The molecule has 0 unspecified atom stereocenters. The molecule has 10 nitrogen and oxygen atoms in total. The molecule has 2 N–H and O–H groups in total. The molecule has 0 bridgehead atoms. The number of hydrogen-bond donors (Lipinski definition) is 2. The SMILES string of the molecule is COc1ccc(S(=O)(=O)NC2CC2)cc1NC(=O)c1ccc(S(=O)(=O)N2CCOCC2)cc1. The average molecular weight is 496 g/mol. The highest BCUT2D eigenvalue weighted by Gasteiger charge is 2.29. The standard InChI is InChI=1S/C21H25N3O7S2/c1-30-20-9-8-18(32(26,27)23-16-4-5-16)14-19(20)22-21(25)15-2-6-17(7-3-15)33(28,29)24-10-12-31-13-11-24/h2-3,6-9,14,16,23H,4-5,10-13H2,1H3,(H,22,25). The Morgan fingerprint density at radius 3 is 2.24 bits per heavy atom. The molecule has 1 aliphatic carbocycles. The van der Waals surface area contributed by atoms with Crippen molar-refractivity contribution >= 4 is 31.6 Å². The van der Waals surface area contributed by atoms with E-state index in [1.54, 1.807) is 0 Å². The number of hydrogen-bond acceptors (Lipinski definition) is 7. The zero-order valence-corrected chi connectivity index (χ0v) is 19.6. The van der Waals surface area contributed by atoms with Crippen LogP contribution in [0.1, 0.15) is 23.2 Å². The third kappa shape index (κ3) is 5.36. The summed E-state index contributed by atoms with van der Waals surface area (Å²) in [5.41, 5.74) is 0.397. The minimum absolute atomic E-state index is 0.0115. The Labute approximate surface area is 193 Å². The van der Waals surface area contributed by atoms with Crippen LogP contribution >= 0.6 is 0 Å². The summed E-state index contributed by atoms with van der Waals surface area (Å²) in [6, 6.07) is 9.71. The second-order valence-electron chi connectivity index (χ2n) is 7.75. The maximum Gasteiger partial charge on any atom is 0.255 e. The van der Waals surface area contributed by atoms with Gasteiger partial charge in [0.1, 0.15) is 5.75 Å². The Morgan fingerprint density at radius 2 is 1.64 bits per heavy atom. The first-order valence-electron chi connectivity index (χ1n) is 10.4. The molecule has 2 aromatic carbocycles. The molecule has 0 atom stereocenters. The summed E-state index contributed by atoms with van der Waals surface area (Å²) in [5, 5.41) is 2.65. The number of nitrogens with one attached hydrogen (secondary N) is 2. The molecule has 2 aliphatic rings. The van der Waals surface area contributed by atoms with E-state index in [0.29, 0.717) is 19.0 Å². The van der Waals surface area contributed by atoms with E-state index in [0.717, 1.165) is 12.8 Å². The highest BCUT2D eigenvalue weighted by molar-refractivity contribution is 7.89. The average Bonchev–Trinajstić information content (AvgIpc) is 3.63. The second-order valence-corrected chi connectivity index (χ2v) is 11.4. The van der Waals surface area contributed by atoms with Gasteiger partial charge in [-0.2, -0.15) is 4.31 Å². The van der Waals surface area contributed by atoms with Gasteiger partial charge in [0.25, 0.3) is 5.91 Å². The van der Waals surface area contributed by atoms with Crippen LogP contribution in [0.15, 0.2) is 52.3 Å². The van der Waals surface area contributed by atoms with E-state index in [9.17, 15) is 21.6 Å². The molecule has 33 heavy (non-hydrogen) atoms. The fourth-order valence-electron chi connectivity index (χ4n) is 3.35. The van der Waals surface area contributed by atoms with Gasteiger partial charge in [-0.3, -0.25) is 4.79 Å². The van der Waals surface area contributed by atoms with Gasteiger partial charge in [0, 0.05) is 24.7 Å². The van der Waals surface area contributed by atoms with Crippen LogP contribution in [0.5, 0.6) is 5.75 Å². The molecule has 0 spiro atoms. The number of rotatable bonds is 8. The first-order valence-corrected chi connectivity index (χ1v) is 13.3. The number of anilines is 1. The number of amides is 1. The number of carbonyl (C=O) groups is 1. The number of nitrogens with zero attached hydrogens (tertiary/aromatic N) is 1. The lowest BCUT2D eigenvalue weighted by molar-refractivity contribution is 0.0730. The molecule has 1 saturated carbocycles. The molecular formula is C21H25N3O7S2. The summed E-state index contributed by atoms with van der Waals surface area (Å²) in [6.45, 7) is 1.23. The van der Waals surface area contributed by atoms with E-state index < -0.39 is 26.0 Å². The number of carbonyl (C=O) groups excluding carboxylic acids is 1. The number of sulfonamides is 2. The summed E-state index contributed by atoms with van der Waals surface area (Å²) in [7, 11) is -5.98. The zero-order valence-electron chi connectivity index (χ0n) is 18.0. The lowest BCUT2D eigenvalue weighted by Crippen LogP contribution is -2.40. The van der Waals surface area contributed by atoms with E-state index in [1.165, 1.54) is 53.9 Å². The van der Waals surface area contributed by atoms with Crippen molar-refractivity contribution in [1.29, 1.82) is 0 Å². The van der Waals surface area contributed by atoms with E-state index in [4.69, 9.17) is 9.47 Å². The monoisotopic (exact) mass is 495 g/mol. The molecule has 178 valence electrons. The fraction of sp³-hybridized carbons (Fsp3) is 0.381. The minimum atomic E-state index is -3.71. The molecular weight excluding hydrogens is 470 g/mol. The van der Waals surface area contributed by atoms with Crippen LogP contribution < -0.4 is 14.8 Å². The van der Waals surface area contributed by atoms with Crippen molar-refractivity contribution in [1.82, 2.24) is 9.03 Å². The van der Waals surface area contributed by atoms with Gasteiger partial charge in [0.15, 0.2) is 0 Å². The van der Waals surface area contributed by atoms with Crippen molar-refractivity contribution in [2.45, 2.75) is 28.7 Å². The Morgan fingerprint density at radius 1 is 1.00 bits per heavy atom. The summed E-state index contributed by atoms with van der Waals surface area (Å²) in [6.07, 6.45) is 1.60. The molecule has 1 amide bonds. The van der Waals surface area contributed by atoms with Gasteiger partial charge in [0.2, 0.25) is 20.0 Å². The molecule has 1 aliphatic heterocycles. The number of ether oxygens (including phenoxy) is 2. The van der Waals surface area contributed by atoms with Gasteiger partial charge in [0.05, 0.1) is 35.8 Å². The number of morpholine rings is 1. The minimum Gasteiger partial charge on any atom is -0.495 e. The third-order valence-corrected chi connectivity index (χ3v) is 8.78. The van der Waals surface area contributed by atoms with Crippen LogP contribution in [0, 0.1) is 0 Å². The van der Waals surface area contributed by atoms with Gasteiger partial charge >= 0.3 is 0 Å². The smallest absolute Gasteiger partial charge is 0.255 e. The lowest BCUT2D eigenvalue weighted by atomic mass is 10.2. The highest BCUT2D eigenvalue weighted by atomic mass is 32.2. The quantitative estimate of drug-likeness (QED) is 0.566. The molecule has 12 heteroatoms. The molecule has 1 saturated heterocycles.